The van der Waals surface area contributed by atoms with E-state index in [1.54, 1.807) is 6.20 Å². The van der Waals surface area contributed by atoms with Gasteiger partial charge in [-0.1, -0.05) is 0 Å². The van der Waals surface area contributed by atoms with Gasteiger partial charge in [0.1, 0.15) is 5.69 Å². The molecule has 0 spiro atoms. The van der Waals surface area contributed by atoms with Crippen molar-refractivity contribution in [1.82, 2.24) is 9.78 Å². The van der Waals surface area contributed by atoms with Crippen molar-refractivity contribution in [2.24, 2.45) is 0 Å². The summed E-state index contributed by atoms with van der Waals surface area (Å²) in [4.78, 5) is 0. The zero-order valence-corrected chi connectivity index (χ0v) is 7.21. The van der Waals surface area contributed by atoms with Crippen molar-refractivity contribution in [3.8, 4) is 5.88 Å². The fourth-order valence-electron chi connectivity index (χ4n) is 1.39. The fourth-order valence-corrected chi connectivity index (χ4v) is 1.39. The normalized spacial score (nSPS) is 16.1. The van der Waals surface area contributed by atoms with Crippen molar-refractivity contribution in [2.75, 3.05) is 19.0 Å². The van der Waals surface area contributed by atoms with Crippen LogP contribution < -0.4 is 10.1 Å². The summed E-state index contributed by atoms with van der Waals surface area (Å²) in [6.45, 7) is 1.78. The zero-order valence-electron chi connectivity index (χ0n) is 7.21. The molecule has 1 aliphatic heterocycles. The molecule has 0 fully saturated rings. The Morgan fingerprint density at radius 2 is 2.50 bits per heavy atom. The Morgan fingerprint density at radius 1 is 1.58 bits per heavy atom. The molecule has 0 unspecified atom stereocenters. The van der Waals surface area contributed by atoms with E-state index in [1.807, 2.05) is 11.7 Å². The van der Waals surface area contributed by atoms with Crippen LogP contribution in [0.5, 0.6) is 5.88 Å². The quantitative estimate of drug-likeness (QED) is 0.680. The summed E-state index contributed by atoms with van der Waals surface area (Å²) in [6.07, 6.45) is 4.07. The van der Waals surface area contributed by atoms with Gasteiger partial charge in [-0.2, -0.15) is 5.10 Å². The van der Waals surface area contributed by atoms with Gasteiger partial charge in [0.2, 0.25) is 5.88 Å². The van der Waals surface area contributed by atoms with Crippen molar-refractivity contribution in [1.29, 1.82) is 0 Å². The standard InChI is InChI=1S/C8H13N3O/c1-9-7-6-10-11-4-2-3-5-12-8(7)11/h6,9H,2-5H2,1H3. The van der Waals surface area contributed by atoms with Crippen LogP contribution in [0.3, 0.4) is 0 Å². The van der Waals surface area contributed by atoms with Gasteiger partial charge in [-0.15, -0.1) is 0 Å². The van der Waals surface area contributed by atoms with Gasteiger partial charge in [-0.3, -0.25) is 0 Å². The van der Waals surface area contributed by atoms with E-state index in [0.717, 1.165) is 37.6 Å². The monoisotopic (exact) mass is 167 g/mol. The Bertz CT molecular complexity index is 269. The second-order valence-electron chi connectivity index (χ2n) is 2.89. The van der Waals surface area contributed by atoms with Crippen LogP contribution in [0.15, 0.2) is 6.20 Å². The van der Waals surface area contributed by atoms with Crippen molar-refractivity contribution >= 4 is 5.69 Å². The second-order valence-corrected chi connectivity index (χ2v) is 2.89. The number of rotatable bonds is 1. The first-order valence-corrected chi connectivity index (χ1v) is 4.28. The highest BCUT2D eigenvalue weighted by Crippen LogP contribution is 2.25. The lowest BCUT2D eigenvalue weighted by atomic mass is 10.3. The Hall–Kier alpha value is -1.19. The van der Waals surface area contributed by atoms with Crippen LogP contribution in [-0.2, 0) is 6.54 Å². The first-order chi connectivity index (χ1) is 5.92. The van der Waals surface area contributed by atoms with Crippen LogP contribution in [0, 0.1) is 0 Å². The van der Waals surface area contributed by atoms with Gasteiger partial charge < -0.3 is 10.1 Å². The summed E-state index contributed by atoms with van der Waals surface area (Å²) in [7, 11) is 1.88. The molecule has 0 atom stereocenters. The number of anilines is 1. The second kappa shape index (κ2) is 3.05. The van der Waals surface area contributed by atoms with Gasteiger partial charge in [-0.05, 0) is 12.8 Å². The SMILES string of the molecule is CNc1cnn2c1OCCCC2. The molecule has 0 radical (unpaired) electrons. The maximum atomic E-state index is 5.55. The van der Waals surface area contributed by atoms with E-state index in [4.69, 9.17) is 4.74 Å². The summed E-state index contributed by atoms with van der Waals surface area (Å²) in [5.74, 6) is 0.884. The van der Waals surface area contributed by atoms with Crippen molar-refractivity contribution < 1.29 is 4.74 Å². The number of nitrogens with one attached hydrogen (secondary N) is 1. The maximum absolute atomic E-state index is 5.55. The molecular formula is C8H13N3O. The lowest BCUT2D eigenvalue weighted by Crippen LogP contribution is -2.01. The largest absolute Gasteiger partial charge is 0.476 e. The topological polar surface area (TPSA) is 39.1 Å². The van der Waals surface area contributed by atoms with E-state index in [0.29, 0.717) is 0 Å². The number of aryl methyl sites for hydroxylation is 1. The Kier molecular flexibility index (Phi) is 1.89. The van der Waals surface area contributed by atoms with Gasteiger partial charge in [0.15, 0.2) is 0 Å². The van der Waals surface area contributed by atoms with E-state index < -0.39 is 0 Å². The average molecular weight is 167 g/mol. The molecule has 2 rings (SSSR count). The Balaban J connectivity index is 2.32. The summed E-state index contributed by atoms with van der Waals surface area (Å²) in [5, 5.41) is 7.27. The molecular weight excluding hydrogens is 154 g/mol. The molecule has 1 N–H and O–H groups in total. The third kappa shape index (κ3) is 1.13. The number of aromatic nitrogens is 2. The summed E-state index contributed by atoms with van der Waals surface area (Å²) >= 11 is 0. The molecule has 1 aliphatic rings. The minimum absolute atomic E-state index is 0.806. The molecule has 2 heterocycles. The average Bonchev–Trinajstić information content (AvgIpc) is 2.33. The Labute approximate surface area is 71.5 Å². The lowest BCUT2D eigenvalue weighted by molar-refractivity contribution is 0.305. The van der Waals surface area contributed by atoms with Crippen LogP contribution in [0.1, 0.15) is 12.8 Å². The summed E-state index contributed by atoms with van der Waals surface area (Å²) in [5.41, 5.74) is 0.983. The van der Waals surface area contributed by atoms with Crippen molar-refractivity contribution in [3.05, 3.63) is 6.20 Å². The minimum Gasteiger partial charge on any atom is -0.476 e. The van der Waals surface area contributed by atoms with Crippen molar-refractivity contribution in [2.45, 2.75) is 19.4 Å². The van der Waals surface area contributed by atoms with Gasteiger partial charge in [-0.25, -0.2) is 4.68 Å². The molecule has 0 aromatic carbocycles. The molecule has 1 aromatic rings. The molecule has 0 saturated carbocycles. The molecule has 0 aliphatic carbocycles. The van der Waals surface area contributed by atoms with Crippen LogP contribution in [0.25, 0.3) is 0 Å². The lowest BCUT2D eigenvalue weighted by Gasteiger charge is -2.04. The minimum atomic E-state index is 0.806. The van der Waals surface area contributed by atoms with Gasteiger partial charge >= 0.3 is 0 Å². The number of nitrogens with zero attached hydrogens (tertiary/aromatic N) is 2. The van der Waals surface area contributed by atoms with E-state index >= 15 is 0 Å². The first-order valence-electron chi connectivity index (χ1n) is 4.28. The van der Waals surface area contributed by atoms with Gasteiger partial charge in [0.25, 0.3) is 0 Å². The van der Waals surface area contributed by atoms with E-state index in [-0.39, 0.29) is 0 Å². The number of fused-ring (bicyclic) bond motifs is 1. The number of hydrogen-bond donors (Lipinski definition) is 1. The summed E-state index contributed by atoms with van der Waals surface area (Å²) in [6, 6.07) is 0. The fraction of sp³-hybridized carbons (Fsp3) is 0.625. The van der Waals surface area contributed by atoms with Gasteiger partial charge in [0.05, 0.1) is 12.8 Å². The third-order valence-corrected chi connectivity index (χ3v) is 2.06. The highest BCUT2D eigenvalue weighted by atomic mass is 16.5. The van der Waals surface area contributed by atoms with Crippen LogP contribution in [0.2, 0.25) is 0 Å². The zero-order chi connectivity index (χ0) is 8.39. The maximum Gasteiger partial charge on any atom is 0.235 e. The predicted molar refractivity (Wildman–Crippen MR) is 46.5 cm³/mol. The van der Waals surface area contributed by atoms with Crippen LogP contribution in [0.4, 0.5) is 5.69 Å². The molecule has 4 heteroatoms. The molecule has 0 amide bonds. The molecule has 0 bridgehead atoms. The molecule has 12 heavy (non-hydrogen) atoms. The van der Waals surface area contributed by atoms with Crippen molar-refractivity contribution in [3.63, 3.8) is 0 Å². The third-order valence-electron chi connectivity index (χ3n) is 2.06. The van der Waals surface area contributed by atoms with E-state index in [9.17, 15) is 0 Å². The molecule has 0 saturated heterocycles. The molecule has 1 aromatic heterocycles. The summed E-state index contributed by atoms with van der Waals surface area (Å²) < 4.78 is 7.46. The smallest absolute Gasteiger partial charge is 0.235 e. The highest BCUT2D eigenvalue weighted by Gasteiger charge is 2.13. The van der Waals surface area contributed by atoms with Crippen LogP contribution in [-0.4, -0.2) is 23.4 Å². The van der Waals surface area contributed by atoms with Crippen LogP contribution >= 0.6 is 0 Å². The molecule has 4 nitrogen and oxygen atoms in total. The first kappa shape index (κ1) is 7.46. The van der Waals surface area contributed by atoms with E-state index in [2.05, 4.69) is 10.4 Å². The van der Waals surface area contributed by atoms with Gasteiger partial charge in [0, 0.05) is 13.6 Å². The number of ether oxygens (including phenoxy) is 1. The molecule has 66 valence electrons. The highest BCUT2D eigenvalue weighted by molar-refractivity contribution is 5.50. The van der Waals surface area contributed by atoms with E-state index in [1.165, 1.54) is 0 Å². The predicted octanol–water partition coefficient (Wildman–Crippen LogP) is 1.10. The Morgan fingerprint density at radius 3 is 3.33 bits per heavy atom. The number of hydrogen-bond acceptors (Lipinski definition) is 3.